The fraction of sp³-hybridized carbons (Fsp3) is 0.214. The number of hydrogen-bond acceptors (Lipinski definition) is 3. The number of aliphatic carboxylic acids is 1. The second kappa shape index (κ2) is 15.0. The van der Waals surface area contributed by atoms with Crippen LogP contribution in [-0.4, -0.2) is 22.6 Å². The molecule has 0 aliphatic rings. The molecule has 0 saturated heterocycles. The van der Waals surface area contributed by atoms with E-state index in [1.807, 2.05) is 0 Å². The molecule has 0 unspecified atom stereocenters. The first-order valence-corrected chi connectivity index (χ1v) is 5.37. The van der Waals surface area contributed by atoms with Crippen LogP contribution in [0.2, 0.25) is 0 Å². The Morgan fingerprint density at radius 3 is 1.79 bits per heavy atom. The summed E-state index contributed by atoms with van der Waals surface area (Å²) in [4.78, 5) is 32.1. The van der Waals surface area contributed by atoms with Crippen molar-refractivity contribution in [3.63, 3.8) is 0 Å². The third kappa shape index (κ3) is 10.5. The molecule has 0 spiro atoms. The number of ketones is 2. The first-order chi connectivity index (χ1) is 8.61. The van der Waals surface area contributed by atoms with Crippen molar-refractivity contribution in [3.8, 4) is 0 Å². The fourth-order valence-corrected chi connectivity index (χ4v) is 0.948. The number of benzene rings is 1. The van der Waals surface area contributed by atoms with E-state index in [0.29, 0.717) is 5.56 Å². The second-order valence-electron chi connectivity index (χ2n) is 2.69. The molecule has 1 aromatic rings. The largest absolute Gasteiger partial charge is 2.00 e. The van der Waals surface area contributed by atoms with Crippen molar-refractivity contribution in [2.45, 2.75) is 20.3 Å². The molecule has 1 N–H and O–H groups in total. The van der Waals surface area contributed by atoms with Gasteiger partial charge in [0, 0.05) is 5.56 Å². The molecule has 102 valence electrons. The van der Waals surface area contributed by atoms with Crippen LogP contribution < -0.4 is 0 Å². The Morgan fingerprint density at radius 2 is 1.42 bits per heavy atom. The van der Waals surface area contributed by atoms with Crippen LogP contribution in [0.25, 0.3) is 0 Å². The molecule has 0 saturated carbocycles. The summed E-state index contributed by atoms with van der Waals surface area (Å²) >= 11 is 0. The summed E-state index contributed by atoms with van der Waals surface area (Å²) in [7, 11) is 0. The Morgan fingerprint density at radius 1 is 1.00 bits per heavy atom. The quantitative estimate of drug-likeness (QED) is 0.395. The van der Waals surface area contributed by atoms with Gasteiger partial charge in [0.15, 0.2) is 5.78 Å². The summed E-state index contributed by atoms with van der Waals surface area (Å²) < 4.78 is 0. The minimum absolute atomic E-state index is 0. The summed E-state index contributed by atoms with van der Waals surface area (Å²) in [5, 5.41) is 8.28. The Hall–Kier alpha value is -1.09. The van der Waals surface area contributed by atoms with Crippen LogP contribution in [0.3, 0.4) is 0 Å². The Balaban J connectivity index is -0.000000467. The van der Waals surface area contributed by atoms with Gasteiger partial charge in [-0.2, -0.15) is 13.8 Å². The number of carbonyl (C=O) groups excluding carboxylic acids is 2. The van der Waals surface area contributed by atoms with Crippen molar-refractivity contribution in [1.82, 2.24) is 0 Å². The van der Waals surface area contributed by atoms with E-state index in [1.165, 1.54) is 12.1 Å². The number of Topliss-reactive ketones (excluding diaryl/α,β-unsaturated/α-hetero) is 2. The first-order valence-electron chi connectivity index (χ1n) is 5.37. The van der Waals surface area contributed by atoms with E-state index in [0.717, 1.165) is 0 Å². The monoisotopic (exact) mass is 340 g/mol. The Kier molecular flexibility index (Phi) is 18.2. The maximum atomic E-state index is 11.3. The first kappa shape index (κ1) is 23.0. The molecule has 0 atom stereocenters. The summed E-state index contributed by atoms with van der Waals surface area (Å²) in [5.41, 5.74) is 0.349. The summed E-state index contributed by atoms with van der Waals surface area (Å²) in [6, 6.07) is 8.11. The van der Waals surface area contributed by atoms with Crippen LogP contribution in [0.4, 0.5) is 0 Å². The second-order valence-corrected chi connectivity index (χ2v) is 2.69. The van der Waals surface area contributed by atoms with Gasteiger partial charge in [0.2, 0.25) is 5.78 Å². The number of carboxylic acids is 1. The molecule has 5 heteroatoms. The third-order valence-electron chi connectivity index (χ3n) is 1.66. The molecular weight excluding hydrogens is 323 g/mol. The van der Waals surface area contributed by atoms with Crippen LogP contribution in [0.15, 0.2) is 30.3 Å². The van der Waals surface area contributed by atoms with Gasteiger partial charge in [0.05, 0.1) is 6.42 Å². The van der Waals surface area contributed by atoms with Crippen molar-refractivity contribution >= 4 is 17.5 Å². The molecule has 0 aliphatic heterocycles. The zero-order chi connectivity index (χ0) is 14.6. The molecule has 0 heterocycles. The summed E-state index contributed by atoms with van der Waals surface area (Å²) in [6.07, 6.45) is -0.584. The Labute approximate surface area is 133 Å². The van der Waals surface area contributed by atoms with Crippen LogP contribution in [0, 0.1) is 13.8 Å². The Bertz CT molecular complexity index is 374. The maximum Gasteiger partial charge on any atom is 2.00 e. The van der Waals surface area contributed by atoms with Crippen molar-refractivity contribution in [1.29, 1.82) is 0 Å². The molecule has 0 aromatic heterocycles. The van der Waals surface area contributed by atoms with E-state index in [4.69, 9.17) is 5.11 Å². The van der Waals surface area contributed by atoms with E-state index in [2.05, 4.69) is 13.8 Å². The van der Waals surface area contributed by atoms with E-state index in [9.17, 15) is 14.4 Å². The molecule has 1 rings (SSSR count). The molecular formula is C14H18O4Zr. The average Bonchev–Trinajstić information content (AvgIpc) is 2.44. The van der Waals surface area contributed by atoms with Crippen molar-refractivity contribution in [3.05, 3.63) is 49.7 Å². The van der Waals surface area contributed by atoms with Gasteiger partial charge in [-0.25, -0.2) is 4.79 Å². The van der Waals surface area contributed by atoms with Gasteiger partial charge in [0.25, 0.3) is 0 Å². The summed E-state index contributed by atoms with van der Waals surface area (Å²) in [5.74, 6) is -3.13. The molecule has 0 amide bonds. The maximum absolute atomic E-state index is 11.3. The van der Waals surface area contributed by atoms with E-state index in [1.54, 1.807) is 32.0 Å². The predicted molar refractivity (Wildman–Crippen MR) is 70.1 cm³/mol. The van der Waals surface area contributed by atoms with Gasteiger partial charge in [-0.15, -0.1) is 0 Å². The molecule has 4 nitrogen and oxygen atoms in total. The number of rotatable bonds is 4. The topological polar surface area (TPSA) is 71.4 Å². The molecule has 1 aromatic carbocycles. The SMILES string of the molecule is O=C(O)C(=O)CC(=O)c1ccccc1.[CH2-]C.[CH2-]C.[Zr+2]. The standard InChI is InChI=1S/C10H8O4.2C2H5.Zr/c11-8(6-9(12)10(13)14)7-4-2-1-3-5-7;2*1-2;/h1-5H,6H2,(H,13,14);2*1H2,2H3;/q;2*-1;+2. The minimum Gasteiger partial charge on any atom is -0.475 e. The van der Waals surface area contributed by atoms with E-state index >= 15 is 0 Å². The minimum atomic E-state index is -1.57. The van der Waals surface area contributed by atoms with Crippen LogP contribution in [0.1, 0.15) is 30.6 Å². The summed E-state index contributed by atoms with van der Waals surface area (Å²) in [6.45, 7) is 10.0. The smallest absolute Gasteiger partial charge is 0.475 e. The van der Waals surface area contributed by atoms with Crippen LogP contribution in [-0.2, 0) is 35.8 Å². The fourth-order valence-electron chi connectivity index (χ4n) is 0.948. The number of hydrogen-bond donors (Lipinski definition) is 1. The molecule has 19 heavy (non-hydrogen) atoms. The van der Waals surface area contributed by atoms with Gasteiger partial charge < -0.3 is 19.0 Å². The van der Waals surface area contributed by atoms with Gasteiger partial charge >= 0.3 is 32.2 Å². The van der Waals surface area contributed by atoms with Crippen LogP contribution >= 0.6 is 0 Å². The van der Waals surface area contributed by atoms with Gasteiger partial charge in [-0.05, 0) is 0 Å². The molecule has 0 bridgehead atoms. The number of carbonyl (C=O) groups is 3. The number of carboxylic acid groups (broad SMARTS) is 1. The van der Waals surface area contributed by atoms with Crippen LogP contribution in [0.5, 0.6) is 0 Å². The van der Waals surface area contributed by atoms with Crippen molar-refractivity contribution < 1.29 is 45.7 Å². The van der Waals surface area contributed by atoms with E-state index < -0.39 is 24.0 Å². The van der Waals surface area contributed by atoms with Gasteiger partial charge in [-0.3, -0.25) is 9.59 Å². The van der Waals surface area contributed by atoms with E-state index in [-0.39, 0.29) is 26.2 Å². The zero-order valence-corrected chi connectivity index (χ0v) is 13.6. The molecule has 0 fully saturated rings. The van der Waals surface area contributed by atoms with Crippen molar-refractivity contribution in [2.24, 2.45) is 0 Å². The molecule has 0 radical (unpaired) electrons. The van der Waals surface area contributed by atoms with Gasteiger partial charge in [-0.1, -0.05) is 30.3 Å². The molecule has 0 aliphatic carbocycles. The normalized spacial score (nSPS) is 7.58. The average molecular weight is 342 g/mol. The van der Waals surface area contributed by atoms with Crippen molar-refractivity contribution in [2.75, 3.05) is 0 Å². The van der Waals surface area contributed by atoms with Gasteiger partial charge in [0.1, 0.15) is 0 Å². The zero-order valence-electron chi connectivity index (χ0n) is 11.2. The third-order valence-corrected chi connectivity index (χ3v) is 1.66. The predicted octanol–water partition coefficient (Wildman–Crippen LogP) is 2.59.